The predicted octanol–water partition coefficient (Wildman–Crippen LogP) is 3.62. The van der Waals surface area contributed by atoms with Crippen LogP contribution >= 0.6 is 11.8 Å². The Morgan fingerprint density at radius 2 is 1.67 bits per heavy atom. The van der Waals surface area contributed by atoms with Gasteiger partial charge in [0.05, 0.1) is 28.1 Å². The van der Waals surface area contributed by atoms with Crippen LogP contribution in [0.4, 0.5) is 11.4 Å². The molecule has 0 saturated carbocycles. The summed E-state index contributed by atoms with van der Waals surface area (Å²) in [7, 11) is -6.11. The first kappa shape index (κ1) is 25.4. The monoisotopic (exact) mass is 511 g/mol. The molecule has 8 nitrogen and oxygen atoms in total. The van der Waals surface area contributed by atoms with Crippen molar-refractivity contribution in [2.45, 2.75) is 35.5 Å². The van der Waals surface area contributed by atoms with Gasteiger partial charge in [0, 0.05) is 25.0 Å². The van der Waals surface area contributed by atoms with Crippen molar-refractivity contribution in [2.75, 3.05) is 41.7 Å². The number of rotatable bonds is 7. The van der Waals surface area contributed by atoms with Gasteiger partial charge in [-0.25, -0.2) is 16.8 Å². The van der Waals surface area contributed by atoms with E-state index in [1.807, 2.05) is 6.26 Å². The molecule has 1 N–H and O–H groups in total. The van der Waals surface area contributed by atoms with Crippen LogP contribution in [0.2, 0.25) is 0 Å². The Hall–Kier alpha value is -2.24. The highest BCUT2D eigenvalue weighted by molar-refractivity contribution is 7.98. The summed E-state index contributed by atoms with van der Waals surface area (Å²) in [5.41, 5.74) is 0.919. The number of benzene rings is 2. The maximum Gasteiger partial charge on any atom is 0.261 e. The second-order valence-electron chi connectivity index (χ2n) is 7.95. The van der Waals surface area contributed by atoms with Crippen LogP contribution in [0.3, 0.4) is 0 Å². The molecule has 0 bridgehead atoms. The smallest absolute Gasteiger partial charge is 0.261 e. The number of anilines is 2. The topological polar surface area (TPSA) is 104 Å². The van der Waals surface area contributed by atoms with Crippen LogP contribution in [0.25, 0.3) is 0 Å². The number of nitrogens with one attached hydrogen (secondary N) is 1. The third kappa shape index (κ3) is 6.21. The lowest BCUT2D eigenvalue weighted by Crippen LogP contribution is -2.32. The summed E-state index contributed by atoms with van der Waals surface area (Å²) in [6.45, 7) is 1.34. The summed E-state index contributed by atoms with van der Waals surface area (Å²) in [5, 5.41) is 0. The molecular weight excluding hydrogens is 482 g/mol. The highest BCUT2D eigenvalue weighted by Crippen LogP contribution is 2.28. The molecule has 0 spiro atoms. The summed E-state index contributed by atoms with van der Waals surface area (Å²) in [4.78, 5) is 15.7. The zero-order chi connectivity index (χ0) is 24.2. The van der Waals surface area contributed by atoms with Crippen LogP contribution in [-0.4, -0.2) is 60.3 Å². The van der Waals surface area contributed by atoms with Gasteiger partial charge in [0.25, 0.3) is 15.9 Å². The van der Waals surface area contributed by atoms with Crippen molar-refractivity contribution in [1.29, 1.82) is 0 Å². The van der Waals surface area contributed by atoms with Crippen molar-refractivity contribution in [3.63, 3.8) is 0 Å². The minimum Gasteiger partial charge on any atom is -0.339 e. The van der Waals surface area contributed by atoms with Crippen molar-refractivity contribution in [3.8, 4) is 0 Å². The Balaban J connectivity index is 1.91. The Morgan fingerprint density at radius 3 is 2.27 bits per heavy atom. The molecule has 0 atom stereocenters. The number of sulfonamides is 2. The second-order valence-corrected chi connectivity index (χ2v) is 12.5. The Bertz CT molecular complexity index is 1220. The zero-order valence-corrected chi connectivity index (χ0v) is 21.4. The van der Waals surface area contributed by atoms with E-state index < -0.39 is 20.0 Å². The molecule has 1 saturated heterocycles. The van der Waals surface area contributed by atoms with Gasteiger partial charge in [0.1, 0.15) is 0 Å². The minimum absolute atomic E-state index is 0.0275. The molecule has 0 aliphatic carbocycles. The number of carbonyl (C=O) groups excluding carboxylic acids is 1. The fourth-order valence-corrected chi connectivity index (χ4v) is 5.78. The highest BCUT2D eigenvalue weighted by atomic mass is 32.2. The molecule has 1 fully saturated rings. The van der Waals surface area contributed by atoms with E-state index in [0.29, 0.717) is 24.3 Å². The summed E-state index contributed by atoms with van der Waals surface area (Å²) >= 11 is 1.40. The van der Waals surface area contributed by atoms with Gasteiger partial charge in [-0.3, -0.25) is 13.8 Å². The number of amides is 1. The maximum absolute atomic E-state index is 13.2. The first-order chi connectivity index (χ1) is 15.5. The molecule has 1 aliphatic rings. The fraction of sp³-hybridized carbons (Fsp3) is 0.409. The first-order valence-electron chi connectivity index (χ1n) is 10.6. The van der Waals surface area contributed by atoms with Crippen LogP contribution in [0, 0.1) is 0 Å². The third-order valence-electron chi connectivity index (χ3n) is 5.56. The van der Waals surface area contributed by atoms with Crippen molar-refractivity contribution in [2.24, 2.45) is 0 Å². The quantitative estimate of drug-likeness (QED) is 0.570. The van der Waals surface area contributed by atoms with Crippen LogP contribution in [0.15, 0.2) is 52.3 Å². The Kier molecular flexibility index (Phi) is 7.96. The summed E-state index contributed by atoms with van der Waals surface area (Å²) in [6.07, 6.45) is 6.98. The van der Waals surface area contributed by atoms with Gasteiger partial charge in [-0.05, 0) is 55.5 Å². The fourth-order valence-electron chi connectivity index (χ4n) is 3.64. The van der Waals surface area contributed by atoms with Gasteiger partial charge in [0.2, 0.25) is 10.0 Å². The number of carbonyl (C=O) groups is 1. The average Bonchev–Trinajstić information content (AvgIpc) is 3.06. The SMILES string of the molecule is CSc1ccc(S(=O)(=O)Nc2cccc(N(C)S(C)(=O)=O)c2)cc1C(=O)N1CCCCCC1. The summed E-state index contributed by atoms with van der Waals surface area (Å²) in [5.74, 6) is -0.157. The Labute approximate surface area is 200 Å². The standard InChI is InChI=1S/C22H29N3O5S3/c1-24(32(3,27)28)18-10-8-9-17(15-18)23-33(29,30)19-11-12-21(31-2)20(16-19)22(26)25-13-6-4-5-7-14-25/h8-12,15-16,23H,4-7,13-14H2,1-3H3. The molecule has 2 aromatic rings. The van der Waals surface area contributed by atoms with E-state index in [9.17, 15) is 21.6 Å². The number of hydrogen-bond acceptors (Lipinski definition) is 6. The molecular formula is C22H29N3O5S3. The van der Waals surface area contributed by atoms with Gasteiger partial charge < -0.3 is 4.90 Å². The Morgan fingerprint density at radius 1 is 1.00 bits per heavy atom. The average molecular weight is 512 g/mol. The van der Waals surface area contributed by atoms with Gasteiger partial charge in [-0.1, -0.05) is 18.9 Å². The van der Waals surface area contributed by atoms with E-state index in [2.05, 4.69) is 4.72 Å². The lowest BCUT2D eigenvalue weighted by molar-refractivity contribution is 0.0758. The number of nitrogens with zero attached hydrogens (tertiary/aromatic N) is 2. The van der Waals surface area contributed by atoms with Crippen LogP contribution in [0.1, 0.15) is 36.0 Å². The van der Waals surface area contributed by atoms with E-state index in [1.54, 1.807) is 23.1 Å². The molecule has 0 unspecified atom stereocenters. The van der Waals surface area contributed by atoms with Crippen LogP contribution < -0.4 is 9.03 Å². The highest BCUT2D eigenvalue weighted by Gasteiger charge is 2.24. The third-order valence-corrected chi connectivity index (χ3v) is 8.94. The van der Waals surface area contributed by atoms with Crippen molar-refractivity contribution >= 4 is 49.1 Å². The van der Waals surface area contributed by atoms with Crippen LogP contribution in [-0.2, 0) is 20.0 Å². The molecule has 180 valence electrons. The maximum atomic E-state index is 13.2. The van der Waals surface area contributed by atoms with E-state index in [1.165, 1.54) is 43.1 Å². The van der Waals surface area contributed by atoms with Crippen molar-refractivity contribution < 1.29 is 21.6 Å². The van der Waals surface area contributed by atoms with Gasteiger partial charge >= 0.3 is 0 Å². The van der Waals surface area contributed by atoms with Crippen molar-refractivity contribution in [3.05, 3.63) is 48.0 Å². The second kappa shape index (κ2) is 10.4. The summed E-state index contributed by atoms with van der Waals surface area (Å²) < 4.78 is 53.4. The molecule has 1 heterocycles. The van der Waals surface area contributed by atoms with Gasteiger partial charge in [-0.15, -0.1) is 11.8 Å². The number of likely N-dealkylation sites (tertiary alicyclic amines) is 1. The van der Waals surface area contributed by atoms with E-state index in [0.717, 1.165) is 41.1 Å². The first-order valence-corrected chi connectivity index (χ1v) is 15.1. The summed E-state index contributed by atoms with van der Waals surface area (Å²) in [6, 6.07) is 10.7. The molecule has 33 heavy (non-hydrogen) atoms. The van der Waals surface area contributed by atoms with E-state index in [-0.39, 0.29) is 16.5 Å². The van der Waals surface area contributed by atoms with Gasteiger partial charge in [-0.2, -0.15) is 0 Å². The number of thioether (sulfide) groups is 1. The molecule has 3 rings (SSSR count). The molecule has 1 aliphatic heterocycles. The molecule has 0 aromatic heterocycles. The van der Waals surface area contributed by atoms with Crippen LogP contribution in [0.5, 0.6) is 0 Å². The molecule has 0 radical (unpaired) electrons. The van der Waals surface area contributed by atoms with E-state index in [4.69, 9.17) is 0 Å². The normalized spacial score (nSPS) is 15.1. The molecule has 11 heteroatoms. The van der Waals surface area contributed by atoms with Gasteiger partial charge in [0.15, 0.2) is 0 Å². The number of hydrogen-bond donors (Lipinski definition) is 1. The predicted molar refractivity (Wildman–Crippen MR) is 133 cm³/mol. The largest absolute Gasteiger partial charge is 0.339 e. The molecule has 2 aromatic carbocycles. The lowest BCUT2D eigenvalue weighted by atomic mass is 10.2. The minimum atomic E-state index is -4.01. The molecule has 1 amide bonds. The van der Waals surface area contributed by atoms with E-state index >= 15 is 0 Å². The van der Waals surface area contributed by atoms with Crippen molar-refractivity contribution in [1.82, 2.24) is 4.90 Å². The lowest BCUT2D eigenvalue weighted by Gasteiger charge is -2.22. The zero-order valence-electron chi connectivity index (χ0n) is 18.9.